The summed E-state index contributed by atoms with van der Waals surface area (Å²) in [6, 6.07) is -2.12. The molecule has 8 heteroatoms. The number of urea groups is 1. The summed E-state index contributed by atoms with van der Waals surface area (Å²) in [4.78, 5) is 43.7. The number of Topliss-reactive ketones (excluding diaryl/α,β-unsaturated/α-hetero) is 1. The van der Waals surface area contributed by atoms with Gasteiger partial charge in [-0.3, -0.25) is 9.59 Å². The van der Waals surface area contributed by atoms with Crippen LogP contribution in [-0.2, 0) is 14.4 Å². The molecule has 0 spiro atoms. The fraction of sp³-hybridized carbons (Fsp3) is 0.636. The van der Waals surface area contributed by atoms with Crippen molar-refractivity contribution in [2.45, 2.75) is 32.7 Å². The molecule has 0 rings (SSSR count). The van der Waals surface area contributed by atoms with E-state index >= 15 is 0 Å². The number of aliphatic carboxylic acids is 2. The molecule has 0 aromatic heterocycles. The number of rotatable bonds is 8. The molecule has 0 saturated heterocycles. The smallest absolute Gasteiger partial charge is 0.326 e. The molecule has 4 N–H and O–H groups in total. The number of carboxylic acid groups (broad SMARTS) is 2. The summed E-state index contributed by atoms with van der Waals surface area (Å²) >= 11 is 0. The van der Waals surface area contributed by atoms with Crippen molar-refractivity contribution >= 4 is 23.8 Å². The third-order valence-electron chi connectivity index (χ3n) is 2.33. The van der Waals surface area contributed by atoms with Gasteiger partial charge < -0.3 is 20.8 Å². The Morgan fingerprint density at radius 1 is 1.11 bits per heavy atom. The van der Waals surface area contributed by atoms with E-state index in [1.165, 1.54) is 0 Å². The Morgan fingerprint density at radius 2 is 1.68 bits per heavy atom. The summed E-state index contributed by atoms with van der Waals surface area (Å²) in [6.07, 6.45) is 0.000677. The number of carbonyl (C=O) groups excluding carboxylic acids is 2. The van der Waals surface area contributed by atoms with Crippen molar-refractivity contribution in [3.63, 3.8) is 0 Å². The Hall–Kier alpha value is -2.12. The van der Waals surface area contributed by atoms with Gasteiger partial charge in [-0.2, -0.15) is 0 Å². The normalized spacial score (nSPS) is 11.7. The van der Waals surface area contributed by atoms with E-state index in [9.17, 15) is 19.2 Å². The van der Waals surface area contributed by atoms with Crippen LogP contribution < -0.4 is 10.6 Å². The second-order valence-electron chi connectivity index (χ2n) is 4.27. The highest BCUT2D eigenvalue weighted by Crippen LogP contribution is 2.05. The van der Waals surface area contributed by atoms with Crippen molar-refractivity contribution in [2.75, 3.05) is 6.54 Å². The van der Waals surface area contributed by atoms with E-state index in [0.717, 1.165) is 0 Å². The van der Waals surface area contributed by atoms with Crippen LogP contribution >= 0.6 is 0 Å². The van der Waals surface area contributed by atoms with Crippen LogP contribution in [0.4, 0.5) is 4.79 Å². The molecule has 0 heterocycles. The predicted octanol–water partition coefficient (Wildman–Crippen LogP) is -0.171. The van der Waals surface area contributed by atoms with Gasteiger partial charge in [0, 0.05) is 12.3 Å². The van der Waals surface area contributed by atoms with Crippen molar-refractivity contribution < 1.29 is 29.4 Å². The van der Waals surface area contributed by atoms with Crippen LogP contribution in [0.5, 0.6) is 0 Å². The minimum atomic E-state index is -1.28. The first kappa shape index (κ1) is 16.9. The average molecular weight is 274 g/mol. The number of ketones is 1. The molecule has 1 atom stereocenters. The van der Waals surface area contributed by atoms with Gasteiger partial charge in [-0.15, -0.1) is 0 Å². The minimum Gasteiger partial charge on any atom is -0.480 e. The van der Waals surface area contributed by atoms with Crippen molar-refractivity contribution in [2.24, 2.45) is 5.92 Å². The van der Waals surface area contributed by atoms with Crippen LogP contribution in [0, 0.1) is 5.92 Å². The second kappa shape index (κ2) is 8.06. The monoisotopic (exact) mass is 274 g/mol. The summed E-state index contributed by atoms with van der Waals surface area (Å²) in [7, 11) is 0. The number of amides is 2. The first-order valence-electron chi connectivity index (χ1n) is 5.75. The fourth-order valence-corrected chi connectivity index (χ4v) is 1.20. The minimum absolute atomic E-state index is 0.0349. The largest absolute Gasteiger partial charge is 0.480 e. The van der Waals surface area contributed by atoms with Crippen LogP contribution in [0.1, 0.15) is 26.7 Å². The number of hydrogen-bond acceptors (Lipinski definition) is 4. The van der Waals surface area contributed by atoms with Gasteiger partial charge in [0.1, 0.15) is 18.4 Å². The lowest BCUT2D eigenvalue weighted by Gasteiger charge is -2.14. The molecule has 19 heavy (non-hydrogen) atoms. The first-order chi connectivity index (χ1) is 8.73. The molecular weight excluding hydrogens is 256 g/mol. The van der Waals surface area contributed by atoms with Crippen LogP contribution in [0.3, 0.4) is 0 Å². The van der Waals surface area contributed by atoms with Gasteiger partial charge in [0.15, 0.2) is 0 Å². The quantitative estimate of drug-likeness (QED) is 0.485. The molecule has 0 aromatic carbocycles. The summed E-state index contributed by atoms with van der Waals surface area (Å²) < 4.78 is 0. The third kappa shape index (κ3) is 7.74. The summed E-state index contributed by atoms with van der Waals surface area (Å²) in [5, 5.41) is 21.3. The topological polar surface area (TPSA) is 133 Å². The highest BCUT2D eigenvalue weighted by Gasteiger charge is 2.21. The second-order valence-corrected chi connectivity index (χ2v) is 4.27. The molecule has 108 valence electrons. The molecule has 0 radical (unpaired) electrons. The van der Waals surface area contributed by atoms with E-state index in [1.54, 1.807) is 13.8 Å². The molecule has 0 aliphatic heterocycles. The van der Waals surface area contributed by atoms with Gasteiger partial charge in [0.25, 0.3) is 0 Å². The van der Waals surface area contributed by atoms with E-state index in [0.29, 0.717) is 0 Å². The lowest BCUT2D eigenvalue weighted by Crippen LogP contribution is -2.47. The molecular formula is C11H18N2O6. The zero-order valence-corrected chi connectivity index (χ0v) is 10.8. The van der Waals surface area contributed by atoms with Gasteiger partial charge in [0.05, 0.1) is 0 Å². The molecule has 0 aliphatic rings. The van der Waals surface area contributed by atoms with Crippen molar-refractivity contribution in [1.82, 2.24) is 10.6 Å². The van der Waals surface area contributed by atoms with Crippen LogP contribution in [0.2, 0.25) is 0 Å². The summed E-state index contributed by atoms with van der Waals surface area (Å²) in [5.41, 5.74) is 0. The van der Waals surface area contributed by atoms with Crippen molar-refractivity contribution in [3.8, 4) is 0 Å². The Kier molecular flexibility index (Phi) is 7.16. The number of carbonyl (C=O) groups is 4. The average Bonchev–Trinajstić information content (AvgIpc) is 2.30. The molecule has 0 aliphatic carbocycles. The predicted molar refractivity (Wildman–Crippen MR) is 64.7 cm³/mol. The molecule has 1 unspecified atom stereocenters. The van der Waals surface area contributed by atoms with E-state index in [-0.39, 0.29) is 24.5 Å². The lowest BCUT2D eigenvalue weighted by molar-refractivity contribution is -0.139. The maximum atomic E-state index is 11.4. The van der Waals surface area contributed by atoms with Crippen LogP contribution in [-0.4, -0.2) is 46.6 Å². The van der Waals surface area contributed by atoms with Gasteiger partial charge in [-0.25, -0.2) is 9.59 Å². The molecule has 8 nitrogen and oxygen atoms in total. The summed E-state index contributed by atoms with van der Waals surface area (Å²) in [5.74, 6) is -2.81. The van der Waals surface area contributed by atoms with E-state index in [1.807, 2.05) is 5.32 Å². The van der Waals surface area contributed by atoms with Crippen molar-refractivity contribution in [1.29, 1.82) is 0 Å². The molecule has 0 aromatic rings. The zero-order valence-electron chi connectivity index (χ0n) is 10.8. The number of carboxylic acids is 2. The Labute approximate surface area is 110 Å². The maximum absolute atomic E-state index is 11.4. The van der Waals surface area contributed by atoms with Gasteiger partial charge in [-0.05, 0) is 6.42 Å². The third-order valence-corrected chi connectivity index (χ3v) is 2.33. The van der Waals surface area contributed by atoms with Crippen LogP contribution in [0.25, 0.3) is 0 Å². The van der Waals surface area contributed by atoms with Crippen molar-refractivity contribution in [3.05, 3.63) is 0 Å². The molecule has 2 amide bonds. The van der Waals surface area contributed by atoms with E-state index < -0.39 is 30.6 Å². The highest BCUT2D eigenvalue weighted by atomic mass is 16.4. The Balaban J connectivity index is 4.26. The van der Waals surface area contributed by atoms with E-state index in [2.05, 4.69) is 5.32 Å². The summed E-state index contributed by atoms with van der Waals surface area (Å²) in [6.45, 7) is 2.79. The zero-order chi connectivity index (χ0) is 15.0. The Morgan fingerprint density at radius 3 is 2.11 bits per heavy atom. The molecule has 0 saturated carbocycles. The maximum Gasteiger partial charge on any atom is 0.326 e. The lowest BCUT2D eigenvalue weighted by atomic mass is 10.0. The highest BCUT2D eigenvalue weighted by molar-refractivity contribution is 5.85. The van der Waals surface area contributed by atoms with Crippen LogP contribution in [0.15, 0.2) is 0 Å². The van der Waals surface area contributed by atoms with Gasteiger partial charge in [-0.1, -0.05) is 13.8 Å². The number of hydrogen-bond donors (Lipinski definition) is 4. The molecule has 0 bridgehead atoms. The van der Waals surface area contributed by atoms with Gasteiger partial charge in [0.2, 0.25) is 0 Å². The number of nitrogens with one attached hydrogen (secondary N) is 2. The first-order valence-corrected chi connectivity index (χ1v) is 5.75. The SMILES string of the molecule is CC(C)C(=O)CCC(NC(=O)NCC(=O)O)C(=O)O. The molecule has 0 fully saturated rings. The standard InChI is InChI=1S/C11H18N2O6/c1-6(2)8(14)4-3-7(10(17)18)13-11(19)12-5-9(15)16/h6-7H,3-5H2,1-2H3,(H,15,16)(H,17,18)(H2,12,13,19). The Bertz CT molecular complexity index is 366. The fourth-order valence-electron chi connectivity index (χ4n) is 1.20. The van der Waals surface area contributed by atoms with Gasteiger partial charge >= 0.3 is 18.0 Å². The van der Waals surface area contributed by atoms with E-state index in [4.69, 9.17) is 10.2 Å².